The maximum atomic E-state index is 13.2. The first-order valence-electron chi connectivity index (χ1n) is 11.5. The second-order valence-corrected chi connectivity index (χ2v) is 8.85. The van der Waals surface area contributed by atoms with E-state index in [4.69, 9.17) is 9.47 Å². The van der Waals surface area contributed by atoms with Crippen molar-refractivity contribution in [2.24, 2.45) is 0 Å². The summed E-state index contributed by atoms with van der Waals surface area (Å²) in [7, 11) is 0. The van der Waals surface area contributed by atoms with Crippen molar-refractivity contribution >= 4 is 34.2 Å². The van der Waals surface area contributed by atoms with Crippen molar-refractivity contribution in [2.75, 3.05) is 31.9 Å². The Morgan fingerprint density at radius 2 is 1.89 bits per heavy atom. The zero-order chi connectivity index (χ0) is 25.3. The van der Waals surface area contributed by atoms with Crippen LogP contribution in [0.25, 0.3) is 10.9 Å². The van der Waals surface area contributed by atoms with E-state index in [1.165, 1.54) is 12.1 Å². The summed E-state index contributed by atoms with van der Waals surface area (Å²) in [6.45, 7) is -1.48. The predicted octanol–water partition coefficient (Wildman–Crippen LogP) is 4.09. The van der Waals surface area contributed by atoms with E-state index >= 15 is 0 Å². The van der Waals surface area contributed by atoms with E-state index in [2.05, 4.69) is 10.3 Å². The van der Waals surface area contributed by atoms with Gasteiger partial charge in [0.15, 0.2) is 12.5 Å². The summed E-state index contributed by atoms with van der Waals surface area (Å²) >= 11 is 0. The standard InChI is InChI=1S/C26H23F2N3O5/c27-14-24(33)29-16-5-6-22-18(11-16)21(32)13-26(36-22)7-9-31(10-8-26)25(34)20-12-23(35-15-28)17-3-1-2-4-19(17)30-20/h1-6,11-12H,7-10,13-15H2,(H,29,33). The van der Waals surface area contributed by atoms with Crippen LogP contribution >= 0.6 is 0 Å². The van der Waals surface area contributed by atoms with E-state index < -0.39 is 25.0 Å². The Balaban J connectivity index is 1.31. The number of ketones is 1. The average Bonchev–Trinajstić information content (AvgIpc) is 2.89. The number of halogens is 2. The SMILES string of the molecule is O=C(CF)Nc1ccc2c(c1)C(=O)CC1(CCN(C(=O)c3cc(OCF)c4ccccc4n3)CC1)O2. The zero-order valence-electron chi connectivity index (χ0n) is 19.3. The number of ether oxygens (including phenoxy) is 2. The minimum absolute atomic E-state index is 0.130. The number of anilines is 1. The number of fused-ring (bicyclic) bond motifs is 2. The smallest absolute Gasteiger partial charge is 0.272 e. The first-order valence-corrected chi connectivity index (χ1v) is 11.5. The molecule has 0 aliphatic carbocycles. The van der Waals surface area contributed by atoms with Crippen LogP contribution in [0, 0.1) is 0 Å². The van der Waals surface area contributed by atoms with Gasteiger partial charge in [0.05, 0.1) is 17.5 Å². The summed E-state index contributed by atoms with van der Waals surface area (Å²) in [6.07, 6.45) is 1.00. The van der Waals surface area contributed by atoms with Gasteiger partial charge in [-0.2, -0.15) is 0 Å². The number of amides is 2. The third kappa shape index (κ3) is 4.46. The number of carbonyl (C=O) groups is 3. The summed E-state index contributed by atoms with van der Waals surface area (Å²) in [5.74, 6) is -0.600. The molecule has 3 aromatic rings. The lowest BCUT2D eigenvalue weighted by atomic mass is 9.82. The molecule has 5 rings (SSSR count). The van der Waals surface area contributed by atoms with Crippen molar-refractivity contribution in [3.63, 3.8) is 0 Å². The molecule has 10 heteroatoms. The number of aromatic nitrogens is 1. The largest absolute Gasteiger partial charge is 0.486 e. The Kier molecular flexibility index (Phi) is 6.26. The molecule has 1 spiro atoms. The zero-order valence-corrected chi connectivity index (χ0v) is 19.3. The number of carbonyl (C=O) groups excluding carboxylic acids is 3. The molecule has 0 saturated carbocycles. The van der Waals surface area contributed by atoms with Gasteiger partial charge in [-0.15, -0.1) is 0 Å². The number of pyridine rings is 1. The van der Waals surface area contributed by atoms with Gasteiger partial charge >= 0.3 is 0 Å². The quantitative estimate of drug-likeness (QED) is 0.573. The first-order chi connectivity index (χ1) is 17.4. The number of alkyl halides is 2. The molecular formula is C26H23F2N3O5. The van der Waals surface area contributed by atoms with Crippen LogP contribution in [0.5, 0.6) is 11.5 Å². The topological polar surface area (TPSA) is 97.8 Å². The number of Topliss-reactive ketones (excluding diaryl/α,β-unsaturated/α-hetero) is 1. The Labute approximate surface area is 205 Å². The predicted molar refractivity (Wildman–Crippen MR) is 127 cm³/mol. The number of rotatable bonds is 5. The molecule has 1 N–H and O–H groups in total. The van der Waals surface area contributed by atoms with Crippen LogP contribution in [0.15, 0.2) is 48.5 Å². The summed E-state index contributed by atoms with van der Waals surface area (Å²) in [5.41, 5.74) is 0.589. The minimum Gasteiger partial charge on any atom is -0.486 e. The summed E-state index contributed by atoms with van der Waals surface area (Å²) in [4.78, 5) is 43.5. The van der Waals surface area contributed by atoms with Crippen LogP contribution in [0.4, 0.5) is 14.5 Å². The highest BCUT2D eigenvalue weighted by Crippen LogP contribution is 2.40. The van der Waals surface area contributed by atoms with Gasteiger partial charge in [0.1, 0.15) is 22.8 Å². The molecule has 0 bridgehead atoms. The van der Waals surface area contributed by atoms with Crippen LogP contribution in [-0.4, -0.2) is 59.7 Å². The number of hydrogen-bond acceptors (Lipinski definition) is 6. The van der Waals surface area contributed by atoms with Crippen LogP contribution in [-0.2, 0) is 4.79 Å². The fourth-order valence-electron chi connectivity index (χ4n) is 4.76. The number of hydrogen-bond donors (Lipinski definition) is 1. The monoisotopic (exact) mass is 495 g/mol. The van der Waals surface area contributed by atoms with Gasteiger partial charge in [-0.3, -0.25) is 14.4 Å². The van der Waals surface area contributed by atoms with Gasteiger partial charge in [0.25, 0.3) is 11.8 Å². The fraction of sp³-hybridized carbons (Fsp3) is 0.308. The van der Waals surface area contributed by atoms with Crippen LogP contribution in [0.2, 0.25) is 0 Å². The Morgan fingerprint density at radius 1 is 1.11 bits per heavy atom. The molecular weight excluding hydrogens is 472 g/mol. The number of nitrogens with zero attached hydrogens (tertiary/aromatic N) is 2. The Hall–Kier alpha value is -4.08. The molecule has 2 amide bonds. The highest BCUT2D eigenvalue weighted by molar-refractivity contribution is 6.02. The lowest BCUT2D eigenvalue weighted by Crippen LogP contribution is -2.52. The Morgan fingerprint density at radius 3 is 2.64 bits per heavy atom. The van der Waals surface area contributed by atoms with Crippen molar-refractivity contribution in [1.82, 2.24) is 9.88 Å². The van der Waals surface area contributed by atoms with Gasteiger partial charge in [-0.05, 0) is 30.3 Å². The van der Waals surface area contributed by atoms with E-state index in [9.17, 15) is 23.2 Å². The molecule has 1 saturated heterocycles. The number of piperidine rings is 1. The third-order valence-electron chi connectivity index (χ3n) is 6.56. The highest BCUT2D eigenvalue weighted by atomic mass is 19.1. The fourth-order valence-corrected chi connectivity index (χ4v) is 4.76. The van der Waals surface area contributed by atoms with Gasteiger partial charge in [0, 0.05) is 43.1 Å². The second-order valence-electron chi connectivity index (χ2n) is 8.85. The van der Waals surface area contributed by atoms with Gasteiger partial charge in [-0.1, -0.05) is 12.1 Å². The van der Waals surface area contributed by atoms with Crippen molar-refractivity contribution < 1.29 is 32.6 Å². The maximum absolute atomic E-state index is 13.2. The van der Waals surface area contributed by atoms with Gasteiger partial charge in [0.2, 0.25) is 6.86 Å². The first kappa shape index (κ1) is 23.7. The van der Waals surface area contributed by atoms with Crippen molar-refractivity contribution in [3.8, 4) is 11.5 Å². The van der Waals surface area contributed by atoms with E-state index in [0.29, 0.717) is 53.8 Å². The van der Waals surface area contributed by atoms with E-state index in [1.807, 2.05) is 0 Å². The minimum atomic E-state index is -1.15. The normalized spacial score (nSPS) is 16.4. The van der Waals surface area contributed by atoms with Crippen LogP contribution < -0.4 is 14.8 Å². The van der Waals surface area contributed by atoms with Crippen LogP contribution in [0.1, 0.15) is 40.1 Å². The van der Waals surface area contributed by atoms with E-state index in [-0.39, 0.29) is 29.6 Å². The molecule has 186 valence electrons. The van der Waals surface area contributed by atoms with E-state index in [0.717, 1.165) is 0 Å². The van der Waals surface area contributed by atoms with Crippen molar-refractivity contribution in [1.29, 1.82) is 0 Å². The Bertz CT molecular complexity index is 1350. The van der Waals surface area contributed by atoms with Crippen LogP contribution in [0.3, 0.4) is 0 Å². The van der Waals surface area contributed by atoms with Crippen molar-refractivity contribution in [3.05, 3.63) is 59.8 Å². The number of likely N-dealkylation sites (tertiary alicyclic amines) is 1. The van der Waals surface area contributed by atoms with Gasteiger partial charge in [-0.25, -0.2) is 13.8 Å². The summed E-state index contributed by atoms with van der Waals surface area (Å²) in [6, 6.07) is 13.1. The van der Waals surface area contributed by atoms with Crippen molar-refractivity contribution in [2.45, 2.75) is 24.9 Å². The molecule has 2 aromatic carbocycles. The molecule has 0 atom stereocenters. The number of benzene rings is 2. The summed E-state index contributed by atoms with van der Waals surface area (Å²) < 4.78 is 36.7. The lowest BCUT2D eigenvalue weighted by molar-refractivity contribution is -0.117. The highest BCUT2D eigenvalue weighted by Gasteiger charge is 2.44. The molecule has 3 heterocycles. The summed E-state index contributed by atoms with van der Waals surface area (Å²) in [5, 5.41) is 3.00. The second kappa shape index (κ2) is 9.52. The molecule has 2 aliphatic heterocycles. The van der Waals surface area contributed by atoms with E-state index in [1.54, 1.807) is 41.3 Å². The molecule has 0 unspecified atom stereocenters. The molecule has 1 fully saturated rings. The molecule has 2 aliphatic rings. The number of nitrogens with one attached hydrogen (secondary N) is 1. The molecule has 36 heavy (non-hydrogen) atoms. The third-order valence-corrected chi connectivity index (χ3v) is 6.56. The average molecular weight is 495 g/mol. The maximum Gasteiger partial charge on any atom is 0.272 e. The number of para-hydroxylation sites is 1. The molecule has 1 aromatic heterocycles. The molecule has 8 nitrogen and oxygen atoms in total. The lowest BCUT2D eigenvalue weighted by Gasteiger charge is -2.44. The van der Waals surface area contributed by atoms with Gasteiger partial charge < -0.3 is 19.7 Å². The molecule has 0 radical (unpaired) electrons.